The van der Waals surface area contributed by atoms with Crippen molar-refractivity contribution in [1.82, 2.24) is 34.9 Å². The van der Waals surface area contributed by atoms with Crippen LogP contribution < -0.4 is 15.5 Å². The molecule has 0 radical (unpaired) electrons. The molecule has 1 saturated heterocycles. The van der Waals surface area contributed by atoms with Crippen LogP contribution in [0.25, 0.3) is 16.7 Å². The fraction of sp³-hybridized carbons (Fsp3) is 0.333. The molecule has 1 fully saturated rings. The van der Waals surface area contributed by atoms with E-state index in [9.17, 15) is 9.18 Å². The summed E-state index contributed by atoms with van der Waals surface area (Å²) in [5.74, 6) is -0.498. The molecular formula is C21H22FN9O. The van der Waals surface area contributed by atoms with Crippen molar-refractivity contribution in [2.75, 3.05) is 23.3 Å². The summed E-state index contributed by atoms with van der Waals surface area (Å²) in [4.78, 5) is 28.0. The number of pyridine rings is 1. The summed E-state index contributed by atoms with van der Waals surface area (Å²) in [5, 5.41) is 14.7. The summed E-state index contributed by atoms with van der Waals surface area (Å²) in [6, 6.07) is 1.76. The van der Waals surface area contributed by atoms with Gasteiger partial charge >= 0.3 is 0 Å². The van der Waals surface area contributed by atoms with Crippen LogP contribution in [-0.4, -0.2) is 60.6 Å². The number of piperazine rings is 1. The molecule has 0 unspecified atom stereocenters. The Morgan fingerprint density at radius 3 is 2.59 bits per heavy atom. The number of rotatable bonds is 3. The smallest absolute Gasteiger partial charge is 0.278 e. The largest absolute Gasteiger partial charge is 0.350 e. The van der Waals surface area contributed by atoms with Crippen molar-refractivity contribution in [2.45, 2.75) is 32.9 Å². The van der Waals surface area contributed by atoms with Crippen LogP contribution >= 0.6 is 0 Å². The topological polar surface area (TPSA) is 113 Å². The predicted octanol–water partition coefficient (Wildman–Crippen LogP) is 1.95. The van der Waals surface area contributed by atoms with Gasteiger partial charge in [0.1, 0.15) is 11.0 Å². The van der Waals surface area contributed by atoms with Crippen molar-refractivity contribution >= 4 is 34.1 Å². The molecule has 2 N–H and O–H groups in total. The number of carbonyl (C=O) groups is 1. The Kier molecular flexibility index (Phi) is 4.89. The van der Waals surface area contributed by atoms with Crippen LogP contribution in [0.1, 0.15) is 30.0 Å². The summed E-state index contributed by atoms with van der Waals surface area (Å²) in [7, 11) is 0. The van der Waals surface area contributed by atoms with Crippen molar-refractivity contribution in [3.05, 3.63) is 48.1 Å². The molecule has 164 valence electrons. The van der Waals surface area contributed by atoms with Crippen LogP contribution in [0.3, 0.4) is 0 Å². The van der Waals surface area contributed by atoms with Gasteiger partial charge in [-0.3, -0.25) is 9.78 Å². The standard InChI is InChI=1S/C21H22FN9O/c1-11-7-30(8-12(2)25-11)20-17-16(23-4-5-24-17)18(28-29-20)21(32)27-14-6-15(22)19-26-13(3)9-31(19)10-14/h4-6,9-12,25H,7-8H2,1-3H3,(H,27,32)/t11-,12+. The van der Waals surface area contributed by atoms with Crippen LogP contribution in [-0.2, 0) is 0 Å². The van der Waals surface area contributed by atoms with Crippen LogP contribution in [0.5, 0.6) is 0 Å². The number of halogens is 1. The zero-order chi connectivity index (χ0) is 22.4. The first-order valence-corrected chi connectivity index (χ1v) is 10.3. The molecule has 0 aliphatic carbocycles. The number of anilines is 2. The maximum Gasteiger partial charge on any atom is 0.278 e. The van der Waals surface area contributed by atoms with E-state index in [0.717, 1.165) is 13.1 Å². The van der Waals surface area contributed by atoms with Gasteiger partial charge in [0.2, 0.25) is 0 Å². The Balaban J connectivity index is 1.50. The normalized spacial score (nSPS) is 18.9. The molecule has 2 atom stereocenters. The van der Waals surface area contributed by atoms with Gasteiger partial charge in [-0.1, -0.05) is 0 Å². The second kappa shape index (κ2) is 7.75. The first kappa shape index (κ1) is 20.2. The number of carbonyl (C=O) groups excluding carboxylic acids is 1. The van der Waals surface area contributed by atoms with E-state index in [2.05, 4.69) is 54.5 Å². The monoisotopic (exact) mass is 435 g/mol. The molecule has 0 aromatic carbocycles. The average Bonchev–Trinajstić information content (AvgIpc) is 3.13. The van der Waals surface area contributed by atoms with Crippen LogP contribution in [0.2, 0.25) is 0 Å². The van der Waals surface area contributed by atoms with Crippen molar-refractivity contribution in [2.24, 2.45) is 0 Å². The van der Waals surface area contributed by atoms with Crippen molar-refractivity contribution in [1.29, 1.82) is 0 Å². The van der Waals surface area contributed by atoms with Crippen molar-refractivity contribution < 1.29 is 9.18 Å². The lowest BCUT2D eigenvalue weighted by Crippen LogP contribution is -2.54. The van der Waals surface area contributed by atoms with E-state index in [-0.39, 0.29) is 29.1 Å². The molecular weight excluding hydrogens is 413 g/mol. The van der Waals surface area contributed by atoms with Gasteiger partial charge in [0, 0.05) is 56.0 Å². The summed E-state index contributed by atoms with van der Waals surface area (Å²) < 4.78 is 15.9. The van der Waals surface area contributed by atoms with Gasteiger partial charge in [0.05, 0.1) is 11.4 Å². The van der Waals surface area contributed by atoms with E-state index in [1.165, 1.54) is 16.7 Å². The number of imidazole rings is 1. The van der Waals surface area contributed by atoms with Crippen molar-refractivity contribution in [3.8, 4) is 0 Å². The molecule has 4 aromatic heterocycles. The molecule has 0 spiro atoms. The van der Waals surface area contributed by atoms with Gasteiger partial charge in [-0.2, -0.15) is 0 Å². The Labute approximate surface area is 182 Å². The zero-order valence-corrected chi connectivity index (χ0v) is 17.9. The second-order valence-electron chi connectivity index (χ2n) is 8.14. The SMILES string of the molecule is Cc1cn2cc(NC(=O)c3nnc(N4C[C@@H](C)N[C@@H](C)C4)c4nccnc34)cc(F)c2n1. The first-order chi connectivity index (χ1) is 15.4. The fourth-order valence-corrected chi connectivity index (χ4v) is 4.17. The molecule has 5 heterocycles. The molecule has 11 heteroatoms. The summed E-state index contributed by atoms with van der Waals surface area (Å²) in [5.41, 5.74) is 2.00. The highest BCUT2D eigenvalue weighted by atomic mass is 19.1. The van der Waals surface area contributed by atoms with Crippen molar-refractivity contribution in [3.63, 3.8) is 0 Å². The third-order valence-electron chi connectivity index (χ3n) is 5.34. The molecule has 1 aliphatic heterocycles. The van der Waals surface area contributed by atoms with Gasteiger partial charge in [0.25, 0.3) is 5.91 Å². The number of nitrogens with one attached hydrogen (secondary N) is 2. The number of fused-ring (bicyclic) bond motifs is 2. The Morgan fingerprint density at radius 1 is 1.12 bits per heavy atom. The van der Waals surface area contributed by atoms with E-state index in [1.807, 2.05) is 0 Å². The molecule has 5 rings (SSSR count). The number of aromatic nitrogens is 6. The van der Waals surface area contributed by atoms with Gasteiger partial charge in [-0.05, 0) is 20.8 Å². The highest BCUT2D eigenvalue weighted by Gasteiger charge is 2.26. The lowest BCUT2D eigenvalue weighted by molar-refractivity contribution is 0.102. The average molecular weight is 435 g/mol. The number of amides is 1. The molecule has 10 nitrogen and oxygen atoms in total. The predicted molar refractivity (Wildman–Crippen MR) is 117 cm³/mol. The quantitative estimate of drug-likeness (QED) is 0.502. The molecule has 0 bridgehead atoms. The number of hydrogen-bond donors (Lipinski definition) is 2. The van der Waals surface area contributed by atoms with E-state index in [0.29, 0.717) is 22.5 Å². The van der Waals surface area contributed by atoms with Gasteiger partial charge in [0.15, 0.2) is 23.0 Å². The highest BCUT2D eigenvalue weighted by Crippen LogP contribution is 2.25. The first-order valence-electron chi connectivity index (χ1n) is 10.3. The maximum atomic E-state index is 14.4. The summed E-state index contributed by atoms with van der Waals surface area (Å²) >= 11 is 0. The lowest BCUT2D eigenvalue weighted by Gasteiger charge is -2.36. The lowest BCUT2D eigenvalue weighted by atomic mass is 10.1. The molecule has 1 aliphatic rings. The van der Waals surface area contributed by atoms with Crippen LogP contribution in [0, 0.1) is 12.7 Å². The third kappa shape index (κ3) is 3.60. The Bertz CT molecular complexity index is 1330. The van der Waals surface area contributed by atoms with Gasteiger partial charge < -0.3 is 19.9 Å². The number of hydrogen-bond acceptors (Lipinski definition) is 8. The van der Waals surface area contributed by atoms with Gasteiger partial charge in [-0.25, -0.2) is 14.4 Å². The maximum absolute atomic E-state index is 14.4. The minimum Gasteiger partial charge on any atom is -0.350 e. The molecule has 32 heavy (non-hydrogen) atoms. The summed E-state index contributed by atoms with van der Waals surface area (Å²) in [6.45, 7) is 7.44. The molecule has 0 saturated carbocycles. The Morgan fingerprint density at radius 2 is 1.84 bits per heavy atom. The second-order valence-corrected chi connectivity index (χ2v) is 8.14. The number of aryl methyl sites for hydroxylation is 1. The van der Waals surface area contributed by atoms with Crippen LogP contribution in [0.4, 0.5) is 15.9 Å². The van der Waals surface area contributed by atoms with E-state index >= 15 is 0 Å². The third-order valence-corrected chi connectivity index (χ3v) is 5.34. The Hall–Kier alpha value is -3.73. The van der Waals surface area contributed by atoms with E-state index in [4.69, 9.17) is 0 Å². The minimum atomic E-state index is -0.549. The fourth-order valence-electron chi connectivity index (χ4n) is 4.17. The highest BCUT2D eigenvalue weighted by molar-refractivity contribution is 6.10. The van der Waals surface area contributed by atoms with E-state index < -0.39 is 11.7 Å². The zero-order valence-electron chi connectivity index (χ0n) is 17.9. The van der Waals surface area contributed by atoms with Gasteiger partial charge in [-0.15, -0.1) is 10.2 Å². The summed E-state index contributed by atoms with van der Waals surface area (Å²) in [6.07, 6.45) is 6.34. The number of nitrogens with zero attached hydrogens (tertiary/aromatic N) is 7. The van der Waals surface area contributed by atoms with Crippen LogP contribution in [0.15, 0.2) is 30.9 Å². The van der Waals surface area contributed by atoms with E-state index in [1.54, 1.807) is 25.5 Å². The minimum absolute atomic E-state index is 0.0235. The molecule has 1 amide bonds. The molecule has 4 aromatic rings.